The number of benzene rings is 2. The Kier molecular flexibility index (Phi) is 8.50. The fourth-order valence-electron chi connectivity index (χ4n) is 6.05. The number of rotatable bonds is 10. The van der Waals surface area contributed by atoms with Crippen LogP contribution < -0.4 is 18.9 Å². The molecule has 1 aromatic heterocycles. The molecule has 2 aliphatic heterocycles. The first kappa shape index (κ1) is 27.2. The van der Waals surface area contributed by atoms with Crippen LogP contribution in [0.5, 0.6) is 23.0 Å². The molecule has 0 aliphatic carbocycles. The van der Waals surface area contributed by atoms with Gasteiger partial charge in [-0.3, -0.25) is 4.79 Å². The van der Waals surface area contributed by atoms with Crippen molar-refractivity contribution >= 4 is 16.8 Å². The van der Waals surface area contributed by atoms with Gasteiger partial charge >= 0.3 is 0 Å². The maximum absolute atomic E-state index is 13.5. The summed E-state index contributed by atoms with van der Waals surface area (Å²) in [6.07, 6.45) is 7.61. The second-order valence-corrected chi connectivity index (χ2v) is 10.6. The lowest BCUT2D eigenvalue weighted by Crippen LogP contribution is -2.39. The van der Waals surface area contributed by atoms with Gasteiger partial charge in [0.1, 0.15) is 28.6 Å². The van der Waals surface area contributed by atoms with Gasteiger partial charge in [-0.2, -0.15) is 0 Å². The van der Waals surface area contributed by atoms with E-state index in [1.54, 1.807) is 33.5 Å². The molecule has 3 aromatic rings. The lowest BCUT2D eigenvalue weighted by Gasteiger charge is -2.33. The third kappa shape index (κ3) is 5.81. The van der Waals surface area contributed by atoms with E-state index < -0.39 is 0 Å². The molecular weight excluding hydrogens is 494 g/mol. The number of ether oxygens (including phenoxy) is 4. The van der Waals surface area contributed by atoms with E-state index in [0.717, 1.165) is 38.2 Å². The smallest absolute Gasteiger partial charge is 0.261 e. The van der Waals surface area contributed by atoms with E-state index in [4.69, 9.17) is 18.9 Å². The predicted molar refractivity (Wildman–Crippen MR) is 153 cm³/mol. The van der Waals surface area contributed by atoms with Crippen molar-refractivity contribution < 1.29 is 23.7 Å². The maximum atomic E-state index is 13.5. The molecule has 210 valence electrons. The number of likely N-dealkylation sites (tertiary alicyclic amines) is 2. The fourth-order valence-corrected chi connectivity index (χ4v) is 6.05. The number of aromatic nitrogens is 1. The standard InChI is InChI=1S/C31H41N3O5/c1-22-7-5-13-32(22)14-6-18-39-25-8-9-27-23(19-25)10-17-34(27)24-11-15-33(16-12-24)31(35)30-28(37-3)20-26(36-2)21-29(30)38-4/h8-10,17,19-22,24H,5-7,11-16,18H2,1-4H3/t22-/m1/s1. The minimum absolute atomic E-state index is 0.0804. The molecule has 5 rings (SSSR count). The highest BCUT2D eigenvalue weighted by Gasteiger charge is 2.29. The lowest BCUT2D eigenvalue weighted by atomic mass is 10.0. The summed E-state index contributed by atoms with van der Waals surface area (Å²) in [5.74, 6) is 2.35. The number of hydrogen-bond donors (Lipinski definition) is 0. The van der Waals surface area contributed by atoms with Crippen molar-refractivity contribution in [2.45, 2.75) is 51.1 Å². The molecule has 1 amide bonds. The van der Waals surface area contributed by atoms with Crippen LogP contribution in [0.15, 0.2) is 42.6 Å². The van der Waals surface area contributed by atoms with Crippen LogP contribution in [0, 0.1) is 0 Å². The van der Waals surface area contributed by atoms with Gasteiger partial charge in [0.2, 0.25) is 0 Å². The molecule has 1 atom stereocenters. The molecule has 39 heavy (non-hydrogen) atoms. The summed E-state index contributed by atoms with van der Waals surface area (Å²) < 4.78 is 24.8. The van der Waals surface area contributed by atoms with Gasteiger partial charge in [0.15, 0.2) is 0 Å². The van der Waals surface area contributed by atoms with Crippen molar-refractivity contribution in [3.05, 3.63) is 48.2 Å². The number of hydrogen-bond acceptors (Lipinski definition) is 6. The normalized spacial score (nSPS) is 18.5. The molecule has 0 N–H and O–H groups in total. The third-order valence-corrected chi connectivity index (χ3v) is 8.31. The zero-order valence-corrected chi connectivity index (χ0v) is 23.7. The van der Waals surface area contributed by atoms with Crippen molar-refractivity contribution in [1.82, 2.24) is 14.4 Å². The zero-order chi connectivity index (χ0) is 27.4. The van der Waals surface area contributed by atoms with Crippen LogP contribution in [0.4, 0.5) is 0 Å². The Morgan fingerprint density at radius 2 is 1.64 bits per heavy atom. The minimum atomic E-state index is -0.0804. The Labute approximate surface area is 231 Å². The van der Waals surface area contributed by atoms with Crippen LogP contribution in [-0.2, 0) is 0 Å². The SMILES string of the molecule is COc1cc(OC)c(C(=O)N2CCC(n3ccc4cc(OCCCN5CCC[C@H]5C)ccc43)CC2)c(OC)c1. The van der Waals surface area contributed by atoms with Gasteiger partial charge in [0.25, 0.3) is 5.91 Å². The Morgan fingerprint density at radius 3 is 2.28 bits per heavy atom. The molecule has 0 bridgehead atoms. The quantitative estimate of drug-likeness (QED) is 0.324. The van der Waals surface area contributed by atoms with Gasteiger partial charge < -0.3 is 33.3 Å². The number of carbonyl (C=O) groups excluding carboxylic acids is 1. The van der Waals surface area contributed by atoms with E-state index in [1.165, 1.54) is 30.3 Å². The zero-order valence-electron chi connectivity index (χ0n) is 23.7. The second kappa shape index (κ2) is 12.2. The van der Waals surface area contributed by atoms with Gasteiger partial charge in [-0.05, 0) is 69.8 Å². The van der Waals surface area contributed by atoms with Crippen molar-refractivity contribution in [1.29, 1.82) is 0 Å². The first-order valence-electron chi connectivity index (χ1n) is 14.1. The Morgan fingerprint density at radius 1 is 0.897 bits per heavy atom. The van der Waals surface area contributed by atoms with Crippen LogP contribution in [-0.4, -0.2) is 80.4 Å². The monoisotopic (exact) mass is 535 g/mol. The fraction of sp³-hybridized carbons (Fsp3) is 0.516. The summed E-state index contributed by atoms with van der Waals surface area (Å²) >= 11 is 0. The summed E-state index contributed by atoms with van der Waals surface area (Å²) in [5, 5.41) is 1.19. The molecule has 0 saturated carbocycles. The molecule has 3 heterocycles. The number of carbonyl (C=O) groups is 1. The van der Waals surface area contributed by atoms with Gasteiger partial charge in [-0.25, -0.2) is 0 Å². The molecule has 2 aromatic carbocycles. The van der Waals surface area contributed by atoms with Crippen molar-refractivity contribution in [2.75, 3.05) is 54.1 Å². The summed E-state index contributed by atoms with van der Waals surface area (Å²) in [5.41, 5.74) is 1.64. The molecular formula is C31H41N3O5. The van der Waals surface area contributed by atoms with Crippen LogP contribution >= 0.6 is 0 Å². The molecule has 2 fully saturated rings. The summed E-state index contributed by atoms with van der Waals surface area (Å²) in [7, 11) is 4.69. The number of fused-ring (bicyclic) bond motifs is 1. The van der Waals surface area contributed by atoms with Crippen LogP contribution in [0.2, 0.25) is 0 Å². The number of amides is 1. The van der Waals surface area contributed by atoms with Gasteiger partial charge in [0.05, 0.1) is 27.9 Å². The van der Waals surface area contributed by atoms with Gasteiger partial charge in [-0.15, -0.1) is 0 Å². The summed E-state index contributed by atoms with van der Waals surface area (Å²) in [4.78, 5) is 18.0. The van der Waals surface area contributed by atoms with Crippen LogP contribution in [0.1, 0.15) is 55.4 Å². The van der Waals surface area contributed by atoms with E-state index in [9.17, 15) is 4.79 Å². The van der Waals surface area contributed by atoms with Crippen molar-refractivity contribution in [3.63, 3.8) is 0 Å². The van der Waals surface area contributed by atoms with Gasteiger partial charge in [0, 0.05) is 61.0 Å². The predicted octanol–water partition coefficient (Wildman–Crippen LogP) is 5.40. The molecule has 0 unspecified atom stereocenters. The highest BCUT2D eigenvalue weighted by Crippen LogP contribution is 2.36. The van der Waals surface area contributed by atoms with Crippen LogP contribution in [0.25, 0.3) is 10.9 Å². The average Bonchev–Trinajstić information content (AvgIpc) is 3.59. The summed E-state index contributed by atoms with van der Waals surface area (Å²) in [6, 6.07) is 13.0. The molecule has 8 nitrogen and oxygen atoms in total. The van der Waals surface area contributed by atoms with Crippen molar-refractivity contribution in [3.8, 4) is 23.0 Å². The minimum Gasteiger partial charge on any atom is -0.496 e. The van der Waals surface area contributed by atoms with Gasteiger partial charge in [-0.1, -0.05) is 0 Å². The first-order chi connectivity index (χ1) is 19.0. The number of methoxy groups -OCH3 is 3. The van der Waals surface area contributed by atoms with E-state index in [1.807, 2.05) is 4.90 Å². The van der Waals surface area contributed by atoms with E-state index in [2.05, 4.69) is 46.9 Å². The molecule has 2 aliphatic rings. The molecule has 8 heteroatoms. The highest BCUT2D eigenvalue weighted by atomic mass is 16.5. The van der Waals surface area contributed by atoms with Crippen molar-refractivity contribution in [2.24, 2.45) is 0 Å². The maximum Gasteiger partial charge on any atom is 0.261 e. The average molecular weight is 536 g/mol. The lowest BCUT2D eigenvalue weighted by molar-refractivity contribution is 0.0689. The largest absolute Gasteiger partial charge is 0.496 e. The Bertz CT molecular complexity index is 1260. The van der Waals surface area contributed by atoms with E-state index in [-0.39, 0.29) is 5.91 Å². The number of piperidine rings is 1. The number of nitrogens with zero attached hydrogens (tertiary/aromatic N) is 3. The van der Waals surface area contributed by atoms with E-state index >= 15 is 0 Å². The van der Waals surface area contributed by atoms with Crippen LogP contribution in [0.3, 0.4) is 0 Å². The summed E-state index contributed by atoms with van der Waals surface area (Å²) in [6.45, 7) is 6.72. The Hall–Kier alpha value is -3.39. The second-order valence-electron chi connectivity index (χ2n) is 10.6. The topological polar surface area (TPSA) is 65.4 Å². The molecule has 2 saturated heterocycles. The molecule has 0 spiro atoms. The molecule has 0 radical (unpaired) electrons. The first-order valence-corrected chi connectivity index (χ1v) is 14.1. The van der Waals surface area contributed by atoms with E-state index in [0.29, 0.717) is 48.0 Å². The Balaban J connectivity index is 1.19. The highest BCUT2D eigenvalue weighted by molar-refractivity contribution is 6.00. The third-order valence-electron chi connectivity index (χ3n) is 8.31.